The largest absolute Gasteiger partial charge is 0.481 e. The molecule has 1 aromatic heterocycles. The third-order valence-electron chi connectivity index (χ3n) is 3.20. The SMILES string of the molecule is O=C(O)C1C2C=CC(O2)C1C(=O)n1cccn1. The zero-order valence-electron chi connectivity index (χ0n) is 8.76. The highest BCUT2D eigenvalue weighted by Gasteiger charge is 2.53. The number of hydrogen-bond donors (Lipinski definition) is 1. The third-order valence-corrected chi connectivity index (χ3v) is 3.20. The average Bonchev–Trinajstić information content (AvgIpc) is 3.02. The minimum atomic E-state index is -1.01. The second-order valence-electron chi connectivity index (χ2n) is 4.13. The maximum atomic E-state index is 12.1. The fraction of sp³-hybridized carbons (Fsp3) is 0.364. The fourth-order valence-electron chi connectivity index (χ4n) is 2.45. The molecule has 0 spiro atoms. The van der Waals surface area contributed by atoms with Gasteiger partial charge in [0.25, 0.3) is 5.91 Å². The Hall–Kier alpha value is -1.95. The Morgan fingerprint density at radius 3 is 2.53 bits per heavy atom. The van der Waals surface area contributed by atoms with Gasteiger partial charge in [0.15, 0.2) is 0 Å². The lowest BCUT2D eigenvalue weighted by atomic mass is 9.82. The molecule has 6 heteroatoms. The van der Waals surface area contributed by atoms with Crippen molar-refractivity contribution >= 4 is 11.9 Å². The van der Waals surface area contributed by atoms with Crippen molar-refractivity contribution in [1.29, 1.82) is 0 Å². The van der Waals surface area contributed by atoms with Gasteiger partial charge in [-0.3, -0.25) is 9.59 Å². The lowest BCUT2D eigenvalue weighted by Crippen LogP contribution is -2.38. The minimum absolute atomic E-state index is 0.334. The fourth-order valence-corrected chi connectivity index (χ4v) is 2.45. The van der Waals surface area contributed by atoms with Gasteiger partial charge in [-0.25, -0.2) is 4.68 Å². The van der Waals surface area contributed by atoms with E-state index < -0.39 is 30.0 Å². The number of carboxylic acids is 1. The van der Waals surface area contributed by atoms with Crippen LogP contribution in [0.1, 0.15) is 4.79 Å². The maximum absolute atomic E-state index is 12.1. The number of carbonyl (C=O) groups is 2. The third kappa shape index (κ3) is 1.41. The van der Waals surface area contributed by atoms with Gasteiger partial charge in [-0.15, -0.1) is 0 Å². The first-order chi connectivity index (χ1) is 8.18. The van der Waals surface area contributed by atoms with Crippen LogP contribution >= 0.6 is 0 Å². The van der Waals surface area contributed by atoms with Gasteiger partial charge in [0.05, 0.1) is 18.1 Å². The van der Waals surface area contributed by atoms with Crippen LogP contribution in [0.5, 0.6) is 0 Å². The first-order valence-corrected chi connectivity index (χ1v) is 5.29. The van der Waals surface area contributed by atoms with E-state index in [-0.39, 0.29) is 5.91 Å². The Labute approximate surface area is 96.5 Å². The van der Waals surface area contributed by atoms with Crippen LogP contribution in [0.3, 0.4) is 0 Å². The molecule has 4 atom stereocenters. The van der Waals surface area contributed by atoms with E-state index in [1.165, 1.54) is 17.1 Å². The van der Waals surface area contributed by atoms with Crippen LogP contribution in [-0.4, -0.2) is 39.0 Å². The highest BCUT2D eigenvalue weighted by Crippen LogP contribution is 2.39. The summed E-state index contributed by atoms with van der Waals surface area (Å²) < 4.78 is 6.59. The second kappa shape index (κ2) is 3.53. The normalized spacial score (nSPS) is 34.1. The molecular weight excluding hydrogens is 224 g/mol. The summed E-state index contributed by atoms with van der Waals surface area (Å²) in [4.78, 5) is 23.3. The van der Waals surface area contributed by atoms with Crippen molar-refractivity contribution in [1.82, 2.24) is 9.78 Å². The molecule has 0 saturated carbocycles. The van der Waals surface area contributed by atoms with Gasteiger partial charge < -0.3 is 9.84 Å². The summed E-state index contributed by atoms with van der Waals surface area (Å²) in [5, 5.41) is 13.0. The van der Waals surface area contributed by atoms with Crippen molar-refractivity contribution in [3.05, 3.63) is 30.6 Å². The van der Waals surface area contributed by atoms with E-state index in [4.69, 9.17) is 9.84 Å². The number of carboxylic acid groups (broad SMARTS) is 1. The number of carbonyl (C=O) groups excluding carboxylic acids is 1. The second-order valence-corrected chi connectivity index (χ2v) is 4.13. The number of rotatable bonds is 2. The summed E-state index contributed by atoms with van der Waals surface area (Å²) >= 11 is 0. The molecule has 4 unspecified atom stereocenters. The predicted molar refractivity (Wildman–Crippen MR) is 55.3 cm³/mol. The molecule has 1 N–H and O–H groups in total. The zero-order valence-corrected chi connectivity index (χ0v) is 8.76. The molecule has 2 aliphatic heterocycles. The van der Waals surface area contributed by atoms with Crippen LogP contribution in [0.2, 0.25) is 0 Å². The molecule has 1 fully saturated rings. The molecule has 1 aromatic rings. The molecule has 3 heterocycles. The molecule has 88 valence electrons. The highest BCUT2D eigenvalue weighted by atomic mass is 16.5. The smallest absolute Gasteiger partial charge is 0.310 e. The minimum Gasteiger partial charge on any atom is -0.481 e. The molecule has 0 aliphatic carbocycles. The van der Waals surface area contributed by atoms with Gasteiger partial charge in [0.1, 0.15) is 5.92 Å². The summed E-state index contributed by atoms with van der Waals surface area (Å²) in [5.41, 5.74) is 0. The van der Waals surface area contributed by atoms with E-state index in [1.54, 1.807) is 18.2 Å². The topological polar surface area (TPSA) is 81.4 Å². The van der Waals surface area contributed by atoms with Gasteiger partial charge >= 0.3 is 5.97 Å². The van der Waals surface area contributed by atoms with E-state index in [9.17, 15) is 9.59 Å². The Morgan fingerprint density at radius 1 is 1.24 bits per heavy atom. The predicted octanol–water partition coefficient (Wildman–Crippen LogP) is 0.177. The Bertz CT molecular complexity index is 494. The van der Waals surface area contributed by atoms with Gasteiger partial charge in [-0.2, -0.15) is 5.10 Å². The van der Waals surface area contributed by atoms with E-state index in [0.717, 1.165) is 0 Å². The number of nitrogens with zero attached hydrogens (tertiary/aromatic N) is 2. The number of aliphatic carboxylic acids is 1. The van der Waals surface area contributed by atoms with Crippen LogP contribution in [0.15, 0.2) is 30.6 Å². The van der Waals surface area contributed by atoms with Crippen LogP contribution in [0.4, 0.5) is 0 Å². The molecular formula is C11H10N2O4. The van der Waals surface area contributed by atoms with Crippen LogP contribution in [0, 0.1) is 11.8 Å². The van der Waals surface area contributed by atoms with Crippen molar-refractivity contribution in [2.24, 2.45) is 11.8 Å². The van der Waals surface area contributed by atoms with Crippen LogP contribution in [0.25, 0.3) is 0 Å². The molecule has 0 radical (unpaired) electrons. The summed E-state index contributed by atoms with van der Waals surface area (Å²) in [6, 6.07) is 1.62. The summed E-state index contributed by atoms with van der Waals surface area (Å²) in [7, 11) is 0. The lowest BCUT2D eigenvalue weighted by molar-refractivity contribution is -0.143. The Balaban J connectivity index is 1.94. The zero-order chi connectivity index (χ0) is 12.0. The number of hydrogen-bond acceptors (Lipinski definition) is 4. The van der Waals surface area contributed by atoms with E-state index in [0.29, 0.717) is 0 Å². The molecule has 1 saturated heterocycles. The molecule has 2 bridgehead atoms. The summed E-state index contributed by atoms with van der Waals surface area (Å²) in [6.07, 6.45) is 5.50. The first-order valence-electron chi connectivity index (χ1n) is 5.29. The maximum Gasteiger partial charge on any atom is 0.310 e. The quantitative estimate of drug-likeness (QED) is 0.738. The van der Waals surface area contributed by atoms with Gasteiger partial charge in [-0.05, 0) is 6.07 Å². The molecule has 17 heavy (non-hydrogen) atoms. The van der Waals surface area contributed by atoms with Crippen LogP contribution in [-0.2, 0) is 9.53 Å². The Kier molecular flexibility index (Phi) is 2.12. The molecule has 6 nitrogen and oxygen atoms in total. The van der Waals surface area contributed by atoms with Gasteiger partial charge in [-0.1, -0.05) is 12.2 Å². The number of aromatic nitrogens is 2. The van der Waals surface area contributed by atoms with E-state index >= 15 is 0 Å². The van der Waals surface area contributed by atoms with Crippen molar-refractivity contribution in [3.8, 4) is 0 Å². The van der Waals surface area contributed by atoms with Gasteiger partial charge in [0.2, 0.25) is 0 Å². The molecule has 0 aromatic carbocycles. The summed E-state index contributed by atoms with van der Waals surface area (Å²) in [5.74, 6) is -2.85. The monoisotopic (exact) mass is 234 g/mol. The first kappa shape index (κ1) is 10.2. The van der Waals surface area contributed by atoms with Crippen molar-refractivity contribution in [3.63, 3.8) is 0 Å². The average molecular weight is 234 g/mol. The van der Waals surface area contributed by atoms with Crippen molar-refractivity contribution in [2.75, 3.05) is 0 Å². The van der Waals surface area contributed by atoms with E-state index in [1.807, 2.05) is 0 Å². The number of ether oxygens (including phenoxy) is 1. The molecule has 2 aliphatic rings. The molecule has 3 rings (SSSR count). The standard InChI is InChI=1S/C11H10N2O4/c14-10(13-5-1-4-12-13)8-6-2-3-7(17-6)9(8)11(15)16/h1-9H,(H,15,16). The van der Waals surface area contributed by atoms with Crippen molar-refractivity contribution in [2.45, 2.75) is 12.2 Å². The van der Waals surface area contributed by atoms with E-state index in [2.05, 4.69) is 5.10 Å². The number of fused-ring (bicyclic) bond motifs is 2. The molecule has 0 amide bonds. The summed E-state index contributed by atoms with van der Waals surface area (Å²) in [6.45, 7) is 0. The Morgan fingerprint density at radius 2 is 1.94 bits per heavy atom. The van der Waals surface area contributed by atoms with Crippen LogP contribution < -0.4 is 0 Å². The lowest BCUT2D eigenvalue weighted by Gasteiger charge is -2.19. The highest BCUT2D eigenvalue weighted by molar-refractivity contribution is 5.88. The van der Waals surface area contributed by atoms with Crippen molar-refractivity contribution < 1.29 is 19.4 Å². The van der Waals surface area contributed by atoms with Gasteiger partial charge in [0, 0.05) is 12.4 Å².